The van der Waals surface area contributed by atoms with Crippen LogP contribution in [0.15, 0.2) is 60.7 Å². The molecule has 0 saturated carbocycles. The number of carbonyl (C=O) groups excluding carboxylic acids is 1. The van der Waals surface area contributed by atoms with Crippen LogP contribution in [0.1, 0.15) is 41.6 Å². The van der Waals surface area contributed by atoms with Gasteiger partial charge in [0.15, 0.2) is 11.5 Å². The third kappa shape index (κ3) is 5.74. The molecule has 4 aromatic rings. The summed E-state index contributed by atoms with van der Waals surface area (Å²) in [5, 5.41) is 1.89. The summed E-state index contributed by atoms with van der Waals surface area (Å²) in [5.74, 6) is 2.28. The van der Waals surface area contributed by atoms with Crippen molar-refractivity contribution in [3.63, 3.8) is 0 Å². The van der Waals surface area contributed by atoms with Gasteiger partial charge in [0, 0.05) is 38.1 Å². The SMILES string of the molecule is CN(Cc1ccc(Cl)c(Cl)c1)c1cc(C(=O)N2CCC[C@H]2CN2CCCC2)c2cc(-c3ccc4c(c3)OCO4)ccc2n1. The molecule has 2 saturated heterocycles. The smallest absolute Gasteiger partial charge is 0.254 e. The Morgan fingerprint density at radius 3 is 2.53 bits per heavy atom. The van der Waals surface area contributed by atoms with Gasteiger partial charge in [-0.05, 0) is 97.9 Å². The van der Waals surface area contributed by atoms with Crippen molar-refractivity contribution in [2.24, 2.45) is 0 Å². The first-order valence-corrected chi connectivity index (χ1v) is 15.7. The Labute approximate surface area is 261 Å². The number of halogens is 2. The van der Waals surface area contributed by atoms with Crippen molar-refractivity contribution in [1.29, 1.82) is 0 Å². The first-order valence-electron chi connectivity index (χ1n) is 15.0. The Kier molecular flexibility index (Phi) is 7.80. The molecule has 3 aliphatic heterocycles. The topological polar surface area (TPSA) is 58.1 Å². The van der Waals surface area contributed by atoms with Crippen LogP contribution in [0, 0.1) is 0 Å². The number of hydrogen-bond acceptors (Lipinski definition) is 6. The van der Waals surface area contributed by atoms with Crippen LogP contribution in [0.25, 0.3) is 22.0 Å². The number of hydrogen-bond donors (Lipinski definition) is 0. The lowest BCUT2D eigenvalue weighted by Crippen LogP contribution is -2.42. The van der Waals surface area contributed by atoms with E-state index < -0.39 is 0 Å². The number of ether oxygens (including phenoxy) is 2. The van der Waals surface area contributed by atoms with E-state index in [-0.39, 0.29) is 18.7 Å². The van der Waals surface area contributed by atoms with E-state index in [1.807, 2.05) is 54.4 Å². The van der Waals surface area contributed by atoms with E-state index in [9.17, 15) is 4.79 Å². The summed E-state index contributed by atoms with van der Waals surface area (Å²) in [5.41, 5.74) is 4.46. The van der Waals surface area contributed by atoms with Gasteiger partial charge in [0.1, 0.15) is 5.82 Å². The van der Waals surface area contributed by atoms with Gasteiger partial charge in [-0.2, -0.15) is 0 Å². The molecule has 0 aliphatic carbocycles. The number of carbonyl (C=O) groups is 1. The van der Waals surface area contributed by atoms with Gasteiger partial charge < -0.3 is 24.2 Å². The van der Waals surface area contributed by atoms with Crippen LogP contribution in [0.3, 0.4) is 0 Å². The molecular weight excluding hydrogens is 583 g/mol. The number of nitrogens with zero attached hydrogens (tertiary/aromatic N) is 4. The zero-order valence-electron chi connectivity index (χ0n) is 24.2. The number of likely N-dealkylation sites (tertiary alicyclic amines) is 2. The molecule has 1 atom stereocenters. The lowest BCUT2D eigenvalue weighted by atomic mass is 9.99. The fourth-order valence-electron chi connectivity index (χ4n) is 6.54. The lowest BCUT2D eigenvalue weighted by Gasteiger charge is -2.29. The predicted octanol–water partition coefficient (Wildman–Crippen LogP) is 7.27. The van der Waals surface area contributed by atoms with E-state index in [0.717, 1.165) is 83.9 Å². The van der Waals surface area contributed by atoms with Gasteiger partial charge in [-0.3, -0.25) is 4.79 Å². The molecule has 222 valence electrons. The van der Waals surface area contributed by atoms with E-state index in [1.54, 1.807) is 6.07 Å². The monoisotopic (exact) mass is 616 g/mol. The molecule has 4 heterocycles. The fraction of sp³-hybridized carbons (Fsp3) is 0.353. The van der Waals surface area contributed by atoms with Crippen LogP contribution in [0.2, 0.25) is 10.0 Å². The van der Waals surface area contributed by atoms with Gasteiger partial charge in [0.25, 0.3) is 5.91 Å². The van der Waals surface area contributed by atoms with Crippen molar-refractivity contribution in [3.8, 4) is 22.6 Å². The molecule has 43 heavy (non-hydrogen) atoms. The minimum Gasteiger partial charge on any atom is -0.454 e. The summed E-state index contributed by atoms with van der Waals surface area (Å²) in [7, 11) is 1.98. The van der Waals surface area contributed by atoms with E-state index >= 15 is 0 Å². The lowest BCUT2D eigenvalue weighted by molar-refractivity contribution is 0.0710. The zero-order chi connectivity index (χ0) is 29.5. The number of pyridine rings is 1. The molecule has 9 heteroatoms. The first kappa shape index (κ1) is 28.3. The molecule has 0 unspecified atom stereocenters. The van der Waals surface area contributed by atoms with Crippen LogP contribution in [0.5, 0.6) is 11.5 Å². The molecule has 3 aromatic carbocycles. The fourth-order valence-corrected chi connectivity index (χ4v) is 6.86. The summed E-state index contributed by atoms with van der Waals surface area (Å²) >= 11 is 12.4. The Balaban J connectivity index is 1.27. The number of aromatic nitrogens is 1. The maximum Gasteiger partial charge on any atom is 0.254 e. The van der Waals surface area contributed by atoms with Gasteiger partial charge >= 0.3 is 0 Å². The van der Waals surface area contributed by atoms with Crippen molar-refractivity contribution in [1.82, 2.24) is 14.8 Å². The second-order valence-corrected chi connectivity index (χ2v) is 12.5. The van der Waals surface area contributed by atoms with Crippen LogP contribution >= 0.6 is 23.2 Å². The molecule has 7 nitrogen and oxygen atoms in total. The summed E-state index contributed by atoms with van der Waals surface area (Å²) < 4.78 is 11.1. The number of amides is 1. The van der Waals surface area contributed by atoms with Crippen molar-refractivity contribution in [2.45, 2.75) is 38.3 Å². The van der Waals surface area contributed by atoms with E-state index in [2.05, 4.69) is 21.9 Å². The highest BCUT2D eigenvalue weighted by Crippen LogP contribution is 2.37. The van der Waals surface area contributed by atoms with Gasteiger partial charge in [-0.25, -0.2) is 4.98 Å². The predicted molar refractivity (Wildman–Crippen MR) is 172 cm³/mol. The molecule has 0 bridgehead atoms. The van der Waals surface area contributed by atoms with E-state index in [0.29, 0.717) is 22.2 Å². The number of fused-ring (bicyclic) bond motifs is 2. The van der Waals surface area contributed by atoms with Crippen LogP contribution in [-0.4, -0.2) is 66.8 Å². The summed E-state index contributed by atoms with van der Waals surface area (Å²) in [4.78, 5) is 26.1. The minimum absolute atomic E-state index is 0.0705. The number of benzene rings is 3. The molecular formula is C34H34Cl2N4O3. The quantitative estimate of drug-likeness (QED) is 0.217. The van der Waals surface area contributed by atoms with Gasteiger partial charge in [-0.15, -0.1) is 0 Å². The summed E-state index contributed by atoms with van der Waals surface area (Å²) in [6, 6.07) is 19.9. The average Bonchev–Trinajstić information content (AvgIpc) is 3.80. The maximum absolute atomic E-state index is 14.5. The van der Waals surface area contributed by atoms with Crippen LogP contribution in [-0.2, 0) is 6.54 Å². The van der Waals surface area contributed by atoms with Gasteiger partial charge in [-0.1, -0.05) is 41.4 Å². The third-order valence-electron chi connectivity index (χ3n) is 8.83. The van der Waals surface area contributed by atoms with Crippen molar-refractivity contribution in [3.05, 3.63) is 81.8 Å². The summed E-state index contributed by atoms with van der Waals surface area (Å²) in [6.45, 7) is 4.77. The largest absolute Gasteiger partial charge is 0.454 e. The molecule has 0 spiro atoms. The Bertz CT molecular complexity index is 1690. The average molecular weight is 618 g/mol. The number of rotatable bonds is 7. The second kappa shape index (κ2) is 11.9. The van der Waals surface area contributed by atoms with Crippen LogP contribution in [0.4, 0.5) is 5.82 Å². The molecule has 1 aromatic heterocycles. The second-order valence-electron chi connectivity index (χ2n) is 11.7. The van der Waals surface area contributed by atoms with Crippen molar-refractivity contribution < 1.29 is 14.3 Å². The van der Waals surface area contributed by atoms with Crippen LogP contribution < -0.4 is 14.4 Å². The standard InChI is InChI=1S/C34H34Cl2N4O3/c1-38(19-22-6-9-28(35)29(36)15-22)33-18-27(34(41)40-14-4-5-25(40)20-39-12-2-3-13-39)26-16-23(7-10-30(26)37-33)24-8-11-31-32(17-24)43-21-42-31/h6-11,15-18,25H,2-5,12-14,19-21H2,1H3/t25-/m0/s1. The molecule has 0 radical (unpaired) electrons. The summed E-state index contributed by atoms with van der Waals surface area (Å²) in [6.07, 6.45) is 4.55. The van der Waals surface area contributed by atoms with Gasteiger partial charge in [0.05, 0.1) is 21.1 Å². The van der Waals surface area contributed by atoms with Crippen molar-refractivity contribution >= 4 is 45.8 Å². The van der Waals surface area contributed by atoms with E-state index in [4.69, 9.17) is 37.7 Å². The first-order chi connectivity index (χ1) is 20.9. The zero-order valence-corrected chi connectivity index (χ0v) is 25.7. The van der Waals surface area contributed by atoms with Crippen molar-refractivity contribution in [2.75, 3.05) is 44.9 Å². The highest BCUT2D eigenvalue weighted by Gasteiger charge is 2.32. The third-order valence-corrected chi connectivity index (χ3v) is 9.57. The highest BCUT2D eigenvalue weighted by atomic mass is 35.5. The molecule has 2 fully saturated rings. The highest BCUT2D eigenvalue weighted by molar-refractivity contribution is 6.42. The molecule has 0 N–H and O–H groups in total. The minimum atomic E-state index is 0.0705. The Hall–Kier alpha value is -3.52. The normalized spacial score (nSPS) is 18.1. The van der Waals surface area contributed by atoms with Gasteiger partial charge in [0.2, 0.25) is 6.79 Å². The Morgan fingerprint density at radius 1 is 0.907 bits per heavy atom. The molecule has 1 amide bonds. The Morgan fingerprint density at radius 2 is 1.70 bits per heavy atom. The van der Waals surface area contributed by atoms with E-state index in [1.165, 1.54) is 12.8 Å². The maximum atomic E-state index is 14.5. The number of anilines is 1. The molecule has 3 aliphatic rings. The molecule has 7 rings (SSSR count).